The van der Waals surface area contributed by atoms with E-state index in [9.17, 15) is 9.50 Å². The van der Waals surface area contributed by atoms with Crippen molar-refractivity contribution in [3.8, 4) is 5.75 Å². The van der Waals surface area contributed by atoms with Crippen LogP contribution in [0.3, 0.4) is 0 Å². The number of phenolic OH excluding ortho intramolecular Hbond substituents is 1. The van der Waals surface area contributed by atoms with Crippen molar-refractivity contribution in [2.75, 3.05) is 6.67 Å². The molecular formula is C10H14FNO. The number of hydrogen-bond donors (Lipinski definition) is 2. The zero-order chi connectivity index (χ0) is 9.84. The molecule has 0 aliphatic heterocycles. The zero-order valence-electron chi connectivity index (χ0n) is 7.63. The molecule has 0 unspecified atom stereocenters. The summed E-state index contributed by atoms with van der Waals surface area (Å²) in [6.07, 6.45) is 0.247. The number of phenols is 1. The first-order chi connectivity index (χ1) is 6.15. The second-order valence-electron chi connectivity index (χ2n) is 3.15. The Morgan fingerprint density at radius 3 is 2.77 bits per heavy atom. The fourth-order valence-corrected chi connectivity index (χ4v) is 1.24. The highest BCUT2D eigenvalue weighted by atomic mass is 19.1. The maximum atomic E-state index is 12.0. The van der Waals surface area contributed by atoms with Gasteiger partial charge in [0.1, 0.15) is 5.75 Å². The van der Waals surface area contributed by atoms with Gasteiger partial charge in [0.25, 0.3) is 0 Å². The van der Waals surface area contributed by atoms with Crippen LogP contribution in [0.4, 0.5) is 4.39 Å². The third kappa shape index (κ3) is 2.42. The number of rotatable bonds is 3. The van der Waals surface area contributed by atoms with E-state index >= 15 is 0 Å². The van der Waals surface area contributed by atoms with E-state index in [1.807, 2.05) is 13.0 Å². The minimum absolute atomic E-state index is 0.154. The van der Waals surface area contributed by atoms with Crippen LogP contribution in [0.5, 0.6) is 5.75 Å². The summed E-state index contributed by atoms with van der Waals surface area (Å²) in [4.78, 5) is 0. The van der Waals surface area contributed by atoms with Crippen molar-refractivity contribution in [1.82, 2.24) is 0 Å². The van der Waals surface area contributed by atoms with Gasteiger partial charge in [0.15, 0.2) is 0 Å². The van der Waals surface area contributed by atoms with Crippen LogP contribution in [0.1, 0.15) is 23.6 Å². The van der Waals surface area contributed by atoms with E-state index in [0.29, 0.717) is 5.56 Å². The smallest absolute Gasteiger partial charge is 0.120 e. The fraction of sp³-hybridized carbons (Fsp3) is 0.400. The lowest BCUT2D eigenvalue weighted by molar-refractivity contribution is 0.424. The van der Waals surface area contributed by atoms with Crippen LogP contribution in [-0.2, 0) is 0 Å². The van der Waals surface area contributed by atoms with Crippen molar-refractivity contribution in [1.29, 1.82) is 0 Å². The molecule has 0 radical (unpaired) electrons. The number of alkyl halides is 1. The topological polar surface area (TPSA) is 46.2 Å². The number of aromatic hydroxyl groups is 1. The molecule has 0 fully saturated rings. The molecule has 72 valence electrons. The Morgan fingerprint density at radius 1 is 1.54 bits per heavy atom. The molecule has 1 aromatic rings. The third-order valence-electron chi connectivity index (χ3n) is 2.01. The van der Waals surface area contributed by atoms with Gasteiger partial charge in [0, 0.05) is 11.6 Å². The number of halogens is 1. The first-order valence-electron chi connectivity index (χ1n) is 4.26. The Hall–Kier alpha value is -1.09. The second kappa shape index (κ2) is 4.23. The molecule has 0 bridgehead atoms. The van der Waals surface area contributed by atoms with E-state index in [0.717, 1.165) is 5.56 Å². The van der Waals surface area contributed by atoms with E-state index in [4.69, 9.17) is 5.73 Å². The summed E-state index contributed by atoms with van der Waals surface area (Å²) in [5.41, 5.74) is 7.24. The highest BCUT2D eigenvalue weighted by Crippen LogP contribution is 2.25. The predicted molar refractivity (Wildman–Crippen MR) is 50.4 cm³/mol. The molecule has 3 heteroatoms. The molecule has 0 aliphatic rings. The van der Waals surface area contributed by atoms with Crippen molar-refractivity contribution in [3.05, 3.63) is 29.3 Å². The quantitative estimate of drug-likeness (QED) is 0.753. The summed E-state index contributed by atoms with van der Waals surface area (Å²) in [5.74, 6) is 0.154. The van der Waals surface area contributed by atoms with Crippen LogP contribution in [0.2, 0.25) is 0 Å². The summed E-state index contributed by atoms with van der Waals surface area (Å²) >= 11 is 0. The zero-order valence-corrected chi connectivity index (χ0v) is 7.63. The first-order valence-corrected chi connectivity index (χ1v) is 4.26. The van der Waals surface area contributed by atoms with Crippen molar-refractivity contribution in [2.24, 2.45) is 5.73 Å². The molecule has 3 N–H and O–H groups in total. The number of benzene rings is 1. The van der Waals surface area contributed by atoms with Crippen LogP contribution in [0.15, 0.2) is 18.2 Å². The molecule has 0 aliphatic carbocycles. The second-order valence-corrected chi connectivity index (χ2v) is 3.15. The normalized spacial score (nSPS) is 12.8. The Labute approximate surface area is 77.2 Å². The lowest BCUT2D eigenvalue weighted by atomic mass is 10.0. The average molecular weight is 183 g/mol. The summed E-state index contributed by atoms with van der Waals surface area (Å²) in [5, 5.41) is 9.49. The lowest BCUT2D eigenvalue weighted by Gasteiger charge is -2.11. The maximum Gasteiger partial charge on any atom is 0.120 e. The van der Waals surface area contributed by atoms with Gasteiger partial charge in [-0.2, -0.15) is 0 Å². The Kier molecular flexibility index (Phi) is 3.25. The van der Waals surface area contributed by atoms with Crippen molar-refractivity contribution in [2.45, 2.75) is 19.4 Å². The predicted octanol–water partition coefficient (Wildman–Crippen LogP) is 2.06. The minimum Gasteiger partial charge on any atom is -0.508 e. The maximum absolute atomic E-state index is 12.0. The SMILES string of the molecule is Cc1ccc([C@@H](N)CCF)c(O)c1. The molecule has 0 aromatic heterocycles. The molecule has 0 spiro atoms. The van der Waals surface area contributed by atoms with Crippen LogP contribution < -0.4 is 5.73 Å². The van der Waals surface area contributed by atoms with Gasteiger partial charge < -0.3 is 10.8 Å². The fourth-order valence-electron chi connectivity index (χ4n) is 1.24. The van der Waals surface area contributed by atoms with Gasteiger partial charge in [-0.25, -0.2) is 0 Å². The number of aryl methyl sites for hydroxylation is 1. The van der Waals surface area contributed by atoms with Gasteiger partial charge in [-0.3, -0.25) is 4.39 Å². The molecule has 0 heterocycles. The molecule has 13 heavy (non-hydrogen) atoms. The first kappa shape index (κ1) is 9.99. The highest BCUT2D eigenvalue weighted by Gasteiger charge is 2.09. The molecule has 2 nitrogen and oxygen atoms in total. The van der Waals surface area contributed by atoms with E-state index < -0.39 is 12.7 Å². The third-order valence-corrected chi connectivity index (χ3v) is 2.01. The largest absolute Gasteiger partial charge is 0.508 e. The van der Waals surface area contributed by atoms with Crippen molar-refractivity contribution < 1.29 is 9.50 Å². The molecule has 1 aromatic carbocycles. The van der Waals surface area contributed by atoms with Crippen LogP contribution in [-0.4, -0.2) is 11.8 Å². The van der Waals surface area contributed by atoms with Gasteiger partial charge in [0.05, 0.1) is 6.67 Å². The van der Waals surface area contributed by atoms with E-state index in [1.165, 1.54) is 0 Å². The van der Waals surface area contributed by atoms with Crippen molar-refractivity contribution in [3.63, 3.8) is 0 Å². The molecule has 1 rings (SSSR count). The summed E-state index contributed by atoms with van der Waals surface area (Å²) in [7, 11) is 0. The Bertz CT molecular complexity index is 288. The number of hydrogen-bond acceptors (Lipinski definition) is 2. The van der Waals surface area contributed by atoms with Crippen LogP contribution in [0.25, 0.3) is 0 Å². The summed E-state index contributed by atoms with van der Waals surface area (Å²) < 4.78 is 12.0. The minimum atomic E-state index is -0.464. The summed E-state index contributed by atoms with van der Waals surface area (Å²) in [6, 6.07) is 4.82. The van der Waals surface area contributed by atoms with E-state index in [-0.39, 0.29) is 12.2 Å². The molecule has 0 saturated carbocycles. The van der Waals surface area contributed by atoms with Gasteiger partial charge in [-0.1, -0.05) is 12.1 Å². The Morgan fingerprint density at radius 2 is 2.23 bits per heavy atom. The van der Waals surface area contributed by atoms with Gasteiger partial charge in [0.2, 0.25) is 0 Å². The van der Waals surface area contributed by atoms with E-state index in [2.05, 4.69) is 0 Å². The van der Waals surface area contributed by atoms with Crippen molar-refractivity contribution >= 4 is 0 Å². The number of nitrogens with two attached hydrogens (primary N) is 1. The van der Waals surface area contributed by atoms with Gasteiger partial charge >= 0.3 is 0 Å². The monoisotopic (exact) mass is 183 g/mol. The lowest BCUT2D eigenvalue weighted by Crippen LogP contribution is -2.11. The highest BCUT2D eigenvalue weighted by molar-refractivity contribution is 5.37. The molecule has 0 saturated heterocycles. The standard InChI is InChI=1S/C10H14FNO/c1-7-2-3-8(10(13)6-7)9(12)4-5-11/h2-3,6,9,13H,4-5,12H2,1H3/t9-/m0/s1. The van der Waals surface area contributed by atoms with Gasteiger partial charge in [-0.15, -0.1) is 0 Å². The van der Waals surface area contributed by atoms with Crippen LogP contribution >= 0.6 is 0 Å². The molecule has 0 amide bonds. The average Bonchev–Trinajstić information content (AvgIpc) is 2.04. The van der Waals surface area contributed by atoms with Crippen LogP contribution in [0, 0.1) is 6.92 Å². The Balaban J connectivity index is 2.88. The molecule has 1 atom stereocenters. The van der Waals surface area contributed by atoms with E-state index in [1.54, 1.807) is 12.1 Å². The molecular weight excluding hydrogens is 169 g/mol. The van der Waals surface area contributed by atoms with Gasteiger partial charge in [-0.05, 0) is 25.0 Å². The summed E-state index contributed by atoms with van der Waals surface area (Å²) in [6.45, 7) is 1.42.